The number of benzene rings is 2. The number of anilines is 1. The summed E-state index contributed by atoms with van der Waals surface area (Å²) in [6, 6.07) is 17.2. The zero-order valence-electron chi connectivity index (χ0n) is 11.9. The average molecular weight is 304 g/mol. The molecule has 0 aliphatic rings. The van der Waals surface area contributed by atoms with Crippen molar-refractivity contribution in [2.45, 2.75) is 19.4 Å². The van der Waals surface area contributed by atoms with E-state index in [4.69, 9.17) is 11.6 Å². The van der Waals surface area contributed by atoms with E-state index in [0.717, 1.165) is 17.7 Å². The summed E-state index contributed by atoms with van der Waals surface area (Å²) in [5, 5.41) is 9.88. The van der Waals surface area contributed by atoms with Crippen molar-refractivity contribution in [1.29, 1.82) is 0 Å². The number of hydrogen-bond donors (Lipinski definition) is 1. The van der Waals surface area contributed by atoms with Gasteiger partial charge in [-0.1, -0.05) is 48.9 Å². The quantitative estimate of drug-likeness (QED) is 0.861. The fraction of sp³-hybridized carbons (Fsp3) is 0.235. The number of carboxylic acid groups (broad SMARTS) is 1. The largest absolute Gasteiger partial charge is 0.480 e. The van der Waals surface area contributed by atoms with E-state index in [0.29, 0.717) is 5.02 Å². The first kappa shape index (κ1) is 15.4. The van der Waals surface area contributed by atoms with Crippen LogP contribution in [-0.4, -0.2) is 17.6 Å². The third-order valence-electron chi connectivity index (χ3n) is 3.39. The first-order valence-corrected chi connectivity index (χ1v) is 7.28. The van der Waals surface area contributed by atoms with Crippen molar-refractivity contribution in [3.8, 4) is 0 Å². The zero-order chi connectivity index (χ0) is 15.2. The minimum atomic E-state index is -0.848. The van der Waals surface area contributed by atoms with Crippen molar-refractivity contribution >= 4 is 23.3 Å². The number of nitrogens with zero attached hydrogens (tertiary/aromatic N) is 1. The molecule has 0 saturated heterocycles. The van der Waals surface area contributed by atoms with Gasteiger partial charge in [0.2, 0.25) is 0 Å². The van der Waals surface area contributed by atoms with Gasteiger partial charge in [-0.3, -0.25) is 4.79 Å². The van der Waals surface area contributed by atoms with Crippen LogP contribution in [0, 0.1) is 0 Å². The number of carboxylic acids is 1. The molecule has 0 fully saturated rings. The molecule has 0 amide bonds. The normalized spacial score (nSPS) is 11.9. The van der Waals surface area contributed by atoms with Crippen LogP contribution >= 0.6 is 11.6 Å². The van der Waals surface area contributed by atoms with Gasteiger partial charge in [-0.25, -0.2) is 0 Å². The van der Waals surface area contributed by atoms with E-state index in [-0.39, 0.29) is 12.6 Å². The van der Waals surface area contributed by atoms with Crippen molar-refractivity contribution in [1.82, 2.24) is 0 Å². The molecule has 0 heterocycles. The maximum Gasteiger partial charge on any atom is 0.323 e. The van der Waals surface area contributed by atoms with Crippen LogP contribution in [0.1, 0.15) is 24.9 Å². The average Bonchev–Trinajstić information content (AvgIpc) is 2.48. The van der Waals surface area contributed by atoms with Crippen LogP contribution in [0.4, 0.5) is 5.69 Å². The molecule has 1 unspecified atom stereocenters. The van der Waals surface area contributed by atoms with E-state index >= 15 is 0 Å². The van der Waals surface area contributed by atoms with E-state index in [2.05, 4.69) is 0 Å². The number of aliphatic carboxylic acids is 1. The van der Waals surface area contributed by atoms with Gasteiger partial charge < -0.3 is 10.0 Å². The molecule has 0 radical (unpaired) electrons. The lowest BCUT2D eigenvalue weighted by Crippen LogP contribution is -2.33. The summed E-state index contributed by atoms with van der Waals surface area (Å²) in [5.41, 5.74) is 1.92. The van der Waals surface area contributed by atoms with Gasteiger partial charge in [-0.2, -0.15) is 0 Å². The van der Waals surface area contributed by atoms with Crippen LogP contribution in [0.3, 0.4) is 0 Å². The van der Waals surface area contributed by atoms with Crippen molar-refractivity contribution in [3.63, 3.8) is 0 Å². The molecule has 2 aromatic carbocycles. The second kappa shape index (κ2) is 7.14. The first-order chi connectivity index (χ1) is 10.1. The van der Waals surface area contributed by atoms with Crippen molar-refractivity contribution in [3.05, 3.63) is 65.2 Å². The molecule has 1 atom stereocenters. The lowest BCUT2D eigenvalue weighted by molar-refractivity contribution is -0.135. The molecule has 21 heavy (non-hydrogen) atoms. The van der Waals surface area contributed by atoms with E-state index in [1.54, 1.807) is 0 Å². The second-order valence-corrected chi connectivity index (χ2v) is 5.27. The van der Waals surface area contributed by atoms with Gasteiger partial charge in [0.15, 0.2) is 0 Å². The van der Waals surface area contributed by atoms with Crippen LogP contribution < -0.4 is 4.90 Å². The Morgan fingerprint density at radius 2 is 1.90 bits per heavy atom. The number of rotatable bonds is 6. The van der Waals surface area contributed by atoms with E-state index < -0.39 is 5.97 Å². The molecule has 0 aromatic heterocycles. The van der Waals surface area contributed by atoms with Crippen molar-refractivity contribution in [2.24, 2.45) is 0 Å². The van der Waals surface area contributed by atoms with Gasteiger partial charge in [0.25, 0.3) is 0 Å². The fourth-order valence-electron chi connectivity index (χ4n) is 2.50. The number of hydrogen-bond acceptors (Lipinski definition) is 2. The Morgan fingerprint density at radius 1 is 1.19 bits per heavy atom. The lowest BCUT2D eigenvalue weighted by atomic mass is 10.0. The first-order valence-electron chi connectivity index (χ1n) is 6.90. The summed E-state index contributed by atoms with van der Waals surface area (Å²) in [5.74, 6) is -0.848. The Kier molecular flexibility index (Phi) is 5.23. The highest BCUT2D eigenvalue weighted by molar-refractivity contribution is 6.30. The van der Waals surface area contributed by atoms with Gasteiger partial charge in [-0.05, 0) is 36.2 Å². The molecule has 110 valence electrons. The molecule has 0 saturated carbocycles. The summed E-state index contributed by atoms with van der Waals surface area (Å²) in [6.07, 6.45) is 0.794. The monoisotopic (exact) mass is 303 g/mol. The van der Waals surface area contributed by atoms with Gasteiger partial charge >= 0.3 is 5.97 Å². The highest BCUT2D eigenvalue weighted by Gasteiger charge is 2.21. The molecule has 4 heteroatoms. The molecule has 0 aliphatic heterocycles. The smallest absolute Gasteiger partial charge is 0.323 e. The lowest BCUT2D eigenvalue weighted by Gasteiger charge is -2.32. The molecule has 0 aliphatic carbocycles. The molecule has 3 nitrogen and oxygen atoms in total. The van der Waals surface area contributed by atoms with E-state index in [1.807, 2.05) is 66.4 Å². The Hall–Kier alpha value is -2.00. The minimum absolute atomic E-state index is 0.0257. The Bertz CT molecular complexity index is 601. The molecule has 1 N–H and O–H groups in total. The third-order valence-corrected chi connectivity index (χ3v) is 3.62. The van der Waals surface area contributed by atoms with Crippen LogP contribution in [0.25, 0.3) is 0 Å². The summed E-state index contributed by atoms with van der Waals surface area (Å²) in [7, 11) is 0. The summed E-state index contributed by atoms with van der Waals surface area (Å²) < 4.78 is 0. The number of carbonyl (C=O) groups is 1. The van der Waals surface area contributed by atoms with Crippen molar-refractivity contribution in [2.75, 3.05) is 11.4 Å². The van der Waals surface area contributed by atoms with E-state index in [9.17, 15) is 9.90 Å². The maximum absolute atomic E-state index is 11.2. The van der Waals surface area contributed by atoms with Gasteiger partial charge in [-0.15, -0.1) is 0 Å². The number of halogens is 1. The van der Waals surface area contributed by atoms with Crippen molar-refractivity contribution < 1.29 is 9.90 Å². The van der Waals surface area contributed by atoms with Crippen LogP contribution in [-0.2, 0) is 4.79 Å². The predicted molar refractivity (Wildman–Crippen MR) is 85.9 cm³/mol. The SMILES string of the molecule is CCC(c1cccc(Cl)c1)N(CC(=O)O)c1ccccc1. The molecule has 2 aromatic rings. The second-order valence-electron chi connectivity index (χ2n) is 4.84. The highest BCUT2D eigenvalue weighted by atomic mass is 35.5. The number of para-hydroxylation sites is 1. The standard InChI is InChI=1S/C17H18ClNO2/c1-2-16(13-7-6-8-14(18)11-13)19(12-17(20)21)15-9-4-3-5-10-15/h3-11,16H,2,12H2,1H3,(H,20,21). The fourth-order valence-corrected chi connectivity index (χ4v) is 2.70. The summed E-state index contributed by atoms with van der Waals surface area (Å²) in [6.45, 7) is 2.00. The Balaban J connectivity index is 2.40. The maximum atomic E-state index is 11.2. The summed E-state index contributed by atoms with van der Waals surface area (Å²) in [4.78, 5) is 13.1. The van der Waals surface area contributed by atoms with E-state index in [1.165, 1.54) is 0 Å². The van der Waals surface area contributed by atoms with Crippen LogP contribution in [0.15, 0.2) is 54.6 Å². The predicted octanol–water partition coefficient (Wildman–Crippen LogP) is 4.38. The van der Waals surface area contributed by atoms with Gasteiger partial charge in [0.05, 0.1) is 6.04 Å². The molecular weight excluding hydrogens is 286 g/mol. The highest BCUT2D eigenvalue weighted by Crippen LogP contribution is 2.30. The van der Waals surface area contributed by atoms with Crippen LogP contribution in [0.5, 0.6) is 0 Å². The Labute approximate surface area is 129 Å². The topological polar surface area (TPSA) is 40.5 Å². The molecule has 0 spiro atoms. The zero-order valence-corrected chi connectivity index (χ0v) is 12.6. The van der Waals surface area contributed by atoms with Gasteiger partial charge in [0.1, 0.15) is 6.54 Å². The summed E-state index contributed by atoms with van der Waals surface area (Å²) >= 11 is 6.07. The molecular formula is C17H18ClNO2. The minimum Gasteiger partial charge on any atom is -0.480 e. The van der Waals surface area contributed by atoms with Gasteiger partial charge in [0, 0.05) is 10.7 Å². The van der Waals surface area contributed by atoms with Crippen LogP contribution in [0.2, 0.25) is 5.02 Å². The molecule has 0 bridgehead atoms. The third kappa shape index (κ3) is 3.99. The Morgan fingerprint density at radius 3 is 2.48 bits per heavy atom. The molecule has 2 rings (SSSR count).